The third-order valence-electron chi connectivity index (χ3n) is 4.93. The Morgan fingerprint density at radius 2 is 1.79 bits per heavy atom. The van der Waals surface area contributed by atoms with Crippen molar-refractivity contribution in [3.05, 3.63) is 48.0 Å². The smallest absolute Gasteiger partial charge is 0.410 e. The fourth-order valence-electron chi connectivity index (χ4n) is 3.37. The van der Waals surface area contributed by atoms with Crippen molar-refractivity contribution in [2.75, 3.05) is 13.1 Å². The van der Waals surface area contributed by atoms with Gasteiger partial charge in [0.25, 0.3) is 0 Å². The van der Waals surface area contributed by atoms with Crippen LogP contribution in [0.3, 0.4) is 0 Å². The monoisotopic (exact) mass is 387 g/mol. The summed E-state index contributed by atoms with van der Waals surface area (Å²) in [6.07, 6.45) is 1.96. The van der Waals surface area contributed by atoms with E-state index in [1.165, 1.54) is 0 Å². The summed E-state index contributed by atoms with van der Waals surface area (Å²) in [5.41, 5.74) is 1.37. The number of carbonyl (C=O) groups is 2. The lowest BCUT2D eigenvalue weighted by Crippen LogP contribution is -2.44. The number of ether oxygens (including phenoxy) is 2. The molecule has 5 nitrogen and oxygen atoms in total. The van der Waals surface area contributed by atoms with Crippen molar-refractivity contribution in [1.82, 2.24) is 4.90 Å². The molecule has 0 radical (unpaired) electrons. The second-order valence-corrected chi connectivity index (χ2v) is 8.39. The van der Waals surface area contributed by atoms with E-state index in [1.54, 1.807) is 4.90 Å². The molecular weight excluding hydrogens is 354 g/mol. The summed E-state index contributed by atoms with van der Waals surface area (Å²) in [7, 11) is 0. The van der Waals surface area contributed by atoms with Crippen molar-refractivity contribution < 1.29 is 19.1 Å². The molecule has 0 N–H and O–H groups in total. The molecule has 1 aromatic rings. The Morgan fingerprint density at radius 1 is 1.18 bits per heavy atom. The molecule has 5 heteroatoms. The first-order valence-electron chi connectivity index (χ1n) is 10.1. The van der Waals surface area contributed by atoms with E-state index >= 15 is 0 Å². The number of esters is 1. The molecule has 0 saturated carbocycles. The number of carbonyl (C=O) groups excluding carboxylic acids is 2. The molecule has 1 heterocycles. The van der Waals surface area contributed by atoms with E-state index in [1.807, 2.05) is 58.0 Å². The molecule has 1 amide bonds. The van der Waals surface area contributed by atoms with Gasteiger partial charge in [-0.3, -0.25) is 4.79 Å². The Kier molecular flexibility index (Phi) is 7.67. The van der Waals surface area contributed by atoms with Crippen LogP contribution in [-0.2, 0) is 20.7 Å². The van der Waals surface area contributed by atoms with Gasteiger partial charge < -0.3 is 14.4 Å². The summed E-state index contributed by atoms with van der Waals surface area (Å²) in [5, 5.41) is 0. The largest absolute Gasteiger partial charge is 0.457 e. The number of piperidine rings is 1. The highest BCUT2D eigenvalue weighted by Crippen LogP contribution is 2.29. The third-order valence-corrected chi connectivity index (χ3v) is 4.93. The normalized spacial score (nSPS) is 16.4. The molecule has 154 valence electrons. The van der Waals surface area contributed by atoms with Gasteiger partial charge in [0, 0.05) is 19.0 Å². The van der Waals surface area contributed by atoms with E-state index < -0.39 is 5.60 Å². The zero-order valence-corrected chi connectivity index (χ0v) is 17.6. The molecule has 1 aliphatic heterocycles. The number of hydrogen-bond donors (Lipinski definition) is 0. The summed E-state index contributed by atoms with van der Waals surface area (Å²) < 4.78 is 11.3. The predicted octanol–water partition coefficient (Wildman–Crippen LogP) is 4.75. The van der Waals surface area contributed by atoms with Crippen molar-refractivity contribution in [1.29, 1.82) is 0 Å². The van der Waals surface area contributed by atoms with E-state index in [4.69, 9.17) is 9.47 Å². The van der Waals surface area contributed by atoms with Crippen molar-refractivity contribution >= 4 is 12.1 Å². The van der Waals surface area contributed by atoms with Crippen LogP contribution in [0.5, 0.6) is 0 Å². The highest BCUT2D eigenvalue weighted by Gasteiger charge is 2.33. The van der Waals surface area contributed by atoms with Crippen LogP contribution in [0.1, 0.15) is 52.5 Å². The molecule has 1 atom stereocenters. The SMILES string of the molecule is C=C(CC)C(OC(=O)Cc1ccccc1)C1CCN(C(=O)OC(C)(C)C)CC1. The Hall–Kier alpha value is -2.30. The van der Waals surface area contributed by atoms with Gasteiger partial charge in [0.1, 0.15) is 11.7 Å². The van der Waals surface area contributed by atoms with Crippen LogP contribution in [0.2, 0.25) is 0 Å². The molecule has 0 aliphatic carbocycles. The van der Waals surface area contributed by atoms with Crippen molar-refractivity contribution in [3.63, 3.8) is 0 Å². The number of nitrogens with zero attached hydrogens (tertiary/aromatic N) is 1. The molecule has 1 aliphatic rings. The Labute approximate surface area is 168 Å². The quantitative estimate of drug-likeness (QED) is 0.522. The number of hydrogen-bond acceptors (Lipinski definition) is 4. The van der Waals surface area contributed by atoms with E-state index in [-0.39, 0.29) is 30.5 Å². The Bertz CT molecular complexity index is 670. The first kappa shape index (κ1) is 22.0. The predicted molar refractivity (Wildman–Crippen MR) is 110 cm³/mol. The molecule has 1 unspecified atom stereocenters. The van der Waals surface area contributed by atoms with E-state index in [2.05, 4.69) is 6.58 Å². The van der Waals surface area contributed by atoms with Gasteiger partial charge >= 0.3 is 12.1 Å². The number of benzene rings is 1. The lowest BCUT2D eigenvalue weighted by Gasteiger charge is -2.37. The first-order chi connectivity index (χ1) is 13.2. The fourth-order valence-corrected chi connectivity index (χ4v) is 3.37. The zero-order valence-electron chi connectivity index (χ0n) is 17.6. The van der Waals surface area contributed by atoms with E-state index in [9.17, 15) is 9.59 Å². The second kappa shape index (κ2) is 9.76. The molecule has 28 heavy (non-hydrogen) atoms. The maximum absolute atomic E-state index is 12.5. The van der Waals surface area contributed by atoms with E-state index in [0.717, 1.165) is 30.4 Å². The van der Waals surface area contributed by atoms with Crippen LogP contribution in [0.25, 0.3) is 0 Å². The van der Waals surface area contributed by atoms with Crippen molar-refractivity contribution in [2.45, 2.75) is 65.1 Å². The maximum Gasteiger partial charge on any atom is 0.410 e. The van der Waals surface area contributed by atoms with Crippen LogP contribution >= 0.6 is 0 Å². The highest BCUT2D eigenvalue weighted by atomic mass is 16.6. The lowest BCUT2D eigenvalue weighted by atomic mass is 9.87. The number of amides is 1. The van der Waals surface area contributed by atoms with Crippen LogP contribution < -0.4 is 0 Å². The second-order valence-electron chi connectivity index (χ2n) is 8.39. The standard InChI is InChI=1S/C23H33NO4/c1-6-17(2)21(27-20(25)16-18-10-8-7-9-11-18)19-12-14-24(15-13-19)22(26)28-23(3,4)5/h7-11,19,21H,2,6,12-16H2,1,3-5H3. The van der Waals surface area contributed by atoms with Gasteiger partial charge in [-0.1, -0.05) is 43.8 Å². The van der Waals surface area contributed by atoms with Gasteiger partial charge in [-0.15, -0.1) is 0 Å². The van der Waals surface area contributed by atoms with Crippen LogP contribution in [0, 0.1) is 5.92 Å². The topological polar surface area (TPSA) is 55.8 Å². The minimum absolute atomic E-state index is 0.172. The van der Waals surface area contributed by atoms with Crippen LogP contribution in [-0.4, -0.2) is 41.8 Å². The fraction of sp³-hybridized carbons (Fsp3) is 0.565. The summed E-state index contributed by atoms with van der Waals surface area (Å²) in [5.74, 6) is -0.0637. The van der Waals surface area contributed by atoms with Gasteiger partial charge in [-0.25, -0.2) is 4.79 Å². The van der Waals surface area contributed by atoms with Crippen molar-refractivity contribution in [2.24, 2.45) is 5.92 Å². The van der Waals surface area contributed by atoms with Gasteiger partial charge in [-0.2, -0.15) is 0 Å². The minimum Gasteiger partial charge on any atom is -0.457 e. The summed E-state index contributed by atoms with van der Waals surface area (Å²) in [4.78, 5) is 26.5. The van der Waals surface area contributed by atoms with Gasteiger partial charge in [0.15, 0.2) is 0 Å². The lowest BCUT2D eigenvalue weighted by molar-refractivity contribution is -0.149. The zero-order chi connectivity index (χ0) is 20.7. The van der Waals surface area contributed by atoms with Crippen LogP contribution in [0.15, 0.2) is 42.5 Å². The molecule has 1 aromatic carbocycles. The van der Waals surface area contributed by atoms with Gasteiger partial charge in [-0.05, 0) is 51.2 Å². The molecule has 2 rings (SSSR count). The van der Waals surface area contributed by atoms with Gasteiger partial charge in [0.05, 0.1) is 6.42 Å². The number of rotatable bonds is 6. The first-order valence-corrected chi connectivity index (χ1v) is 10.1. The molecule has 1 saturated heterocycles. The molecule has 1 fully saturated rings. The van der Waals surface area contributed by atoms with Crippen LogP contribution in [0.4, 0.5) is 4.79 Å². The summed E-state index contributed by atoms with van der Waals surface area (Å²) >= 11 is 0. The van der Waals surface area contributed by atoms with Gasteiger partial charge in [0.2, 0.25) is 0 Å². The average molecular weight is 388 g/mol. The molecule has 0 spiro atoms. The number of likely N-dealkylation sites (tertiary alicyclic amines) is 1. The summed E-state index contributed by atoms with van der Waals surface area (Å²) in [6, 6.07) is 9.60. The highest BCUT2D eigenvalue weighted by molar-refractivity contribution is 5.73. The average Bonchev–Trinajstić information content (AvgIpc) is 2.65. The molecule has 0 aromatic heterocycles. The molecular formula is C23H33NO4. The summed E-state index contributed by atoms with van der Waals surface area (Å²) in [6.45, 7) is 13.0. The molecule has 0 bridgehead atoms. The van der Waals surface area contributed by atoms with E-state index in [0.29, 0.717) is 13.1 Å². The van der Waals surface area contributed by atoms with Crippen molar-refractivity contribution in [3.8, 4) is 0 Å². The third kappa shape index (κ3) is 6.70. The maximum atomic E-state index is 12.5. The minimum atomic E-state index is -0.500. The Balaban J connectivity index is 1.94. The Morgan fingerprint density at radius 3 is 2.32 bits per heavy atom.